The summed E-state index contributed by atoms with van der Waals surface area (Å²) in [4.78, 5) is 2.52. The van der Waals surface area contributed by atoms with E-state index in [1.54, 1.807) is 16.0 Å². The van der Waals surface area contributed by atoms with Gasteiger partial charge >= 0.3 is 0 Å². The topological polar surface area (TPSA) is 43.6 Å². The maximum absolute atomic E-state index is 5.96. The minimum atomic E-state index is -0.166. The second-order valence-electron chi connectivity index (χ2n) is 3.32. The Morgan fingerprint density at radius 2 is 2.33 bits per heavy atom. The second-order valence-corrected chi connectivity index (χ2v) is 5.35. The molecule has 0 N–H and O–H groups in total. The average Bonchev–Trinajstić information content (AvgIpc) is 2.75. The van der Waals surface area contributed by atoms with Crippen molar-refractivity contribution in [3.05, 3.63) is 27.7 Å². The lowest BCUT2D eigenvalue weighted by Gasteiger charge is -2.03. The number of halogens is 1. The molecule has 1 unspecified atom stereocenters. The maximum Gasteiger partial charge on any atom is 0.169 e. The summed E-state index contributed by atoms with van der Waals surface area (Å²) >= 11 is 7.71. The Balaban J connectivity index is 2.20. The highest BCUT2D eigenvalue weighted by Gasteiger charge is 2.12. The number of nitrogens with zero attached hydrogens (tertiary/aromatic N) is 4. The van der Waals surface area contributed by atoms with Crippen molar-refractivity contribution in [1.29, 1.82) is 0 Å². The lowest BCUT2D eigenvalue weighted by molar-refractivity contribution is 0.624. The number of tetrazole rings is 1. The summed E-state index contributed by atoms with van der Waals surface area (Å²) in [5.74, 6) is 0.711. The summed E-state index contributed by atoms with van der Waals surface area (Å²) in [7, 11) is 0. The predicted molar refractivity (Wildman–Crippen MR) is 60.2 cm³/mol. The quantitative estimate of drug-likeness (QED) is 0.777. The molecule has 0 radical (unpaired) electrons. The summed E-state index contributed by atoms with van der Waals surface area (Å²) in [6.07, 6.45) is 0. The highest BCUT2D eigenvalue weighted by Crippen LogP contribution is 2.19. The fourth-order valence-corrected chi connectivity index (χ4v) is 2.36. The lowest BCUT2D eigenvalue weighted by Crippen LogP contribution is -2.06. The van der Waals surface area contributed by atoms with Gasteiger partial charge in [0.05, 0.1) is 11.9 Å². The van der Waals surface area contributed by atoms with Crippen LogP contribution < -0.4 is 0 Å². The minimum absolute atomic E-state index is 0.166. The van der Waals surface area contributed by atoms with Crippen LogP contribution in [0.2, 0.25) is 0 Å². The lowest BCUT2D eigenvalue weighted by atomic mass is 10.4. The van der Waals surface area contributed by atoms with Crippen molar-refractivity contribution in [2.45, 2.75) is 25.8 Å². The van der Waals surface area contributed by atoms with Gasteiger partial charge in [0.2, 0.25) is 0 Å². The number of thiophene rings is 1. The fourth-order valence-electron chi connectivity index (χ4n) is 1.33. The van der Waals surface area contributed by atoms with Crippen LogP contribution in [0.15, 0.2) is 12.1 Å². The van der Waals surface area contributed by atoms with Gasteiger partial charge in [-0.2, -0.15) is 0 Å². The molecule has 0 aliphatic rings. The fraction of sp³-hybridized carbons (Fsp3) is 0.444. The van der Waals surface area contributed by atoms with Crippen LogP contribution in [0, 0.1) is 6.92 Å². The smallest absolute Gasteiger partial charge is 0.169 e. The first-order valence-electron chi connectivity index (χ1n) is 4.62. The molecule has 0 saturated carbocycles. The molecule has 0 saturated heterocycles. The molecule has 0 fully saturated rings. The first-order valence-corrected chi connectivity index (χ1v) is 5.87. The largest absolute Gasteiger partial charge is 0.223 e. The summed E-state index contributed by atoms with van der Waals surface area (Å²) in [5.41, 5.74) is 0. The van der Waals surface area contributed by atoms with Crippen LogP contribution in [-0.2, 0) is 6.54 Å². The Labute approximate surface area is 96.9 Å². The van der Waals surface area contributed by atoms with Crippen LogP contribution in [0.25, 0.3) is 0 Å². The van der Waals surface area contributed by atoms with Crippen molar-refractivity contribution < 1.29 is 0 Å². The number of rotatable bonds is 3. The highest BCUT2D eigenvalue weighted by atomic mass is 35.5. The van der Waals surface area contributed by atoms with Gasteiger partial charge < -0.3 is 0 Å². The van der Waals surface area contributed by atoms with Crippen LogP contribution in [-0.4, -0.2) is 20.2 Å². The Hall–Kier alpha value is -0.940. The molecule has 0 aliphatic heterocycles. The molecule has 2 heterocycles. The van der Waals surface area contributed by atoms with Gasteiger partial charge in [-0.3, -0.25) is 0 Å². The summed E-state index contributed by atoms with van der Waals surface area (Å²) in [5, 5.41) is 11.3. The van der Waals surface area contributed by atoms with Gasteiger partial charge in [-0.15, -0.1) is 28.0 Å². The number of aromatic nitrogens is 4. The van der Waals surface area contributed by atoms with E-state index in [1.165, 1.54) is 9.75 Å². The summed E-state index contributed by atoms with van der Waals surface area (Å²) in [6.45, 7) is 4.64. The Morgan fingerprint density at radius 3 is 2.93 bits per heavy atom. The molecule has 0 aromatic carbocycles. The van der Waals surface area contributed by atoms with Gasteiger partial charge in [0.25, 0.3) is 0 Å². The Morgan fingerprint density at radius 1 is 1.53 bits per heavy atom. The molecule has 0 aliphatic carbocycles. The second kappa shape index (κ2) is 4.28. The molecule has 2 aromatic rings. The Kier molecular flexibility index (Phi) is 3.02. The van der Waals surface area contributed by atoms with Crippen molar-refractivity contribution in [2.24, 2.45) is 0 Å². The molecule has 4 nitrogen and oxygen atoms in total. The number of hydrogen-bond donors (Lipinski definition) is 0. The molecule has 15 heavy (non-hydrogen) atoms. The van der Waals surface area contributed by atoms with E-state index in [-0.39, 0.29) is 5.38 Å². The van der Waals surface area contributed by atoms with E-state index in [0.717, 1.165) is 0 Å². The summed E-state index contributed by atoms with van der Waals surface area (Å²) < 4.78 is 1.74. The normalized spacial score (nSPS) is 13.0. The number of alkyl halides is 1. The standard InChI is InChI=1S/C9H11ClN4S/c1-6-3-4-8(15-6)5-14-9(7(2)10)11-12-13-14/h3-4,7H,5H2,1-2H3. The van der Waals surface area contributed by atoms with Crippen LogP contribution in [0.3, 0.4) is 0 Å². The zero-order valence-corrected chi connectivity index (χ0v) is 10.1. The first kappa shape index (κ1) is 10.6. The van der Waals surface area contributed by atoms with Crippen molar-refractivity contribution in [2.75, 3.05) is 0 Å². The van der Waals surface area contributed by atoms with Crippen LogP contribution >= 0.6 is 22.9 Å². The maximum atomic E-state index is 5.96. The SMILES string of the molecule is Cc1ccc(Cn2nnnc2C(C)Cl)s1. The third-order valence-electron chi connectivity index (χ3n) is 2.02. The highest BCUT2D eigenvalue weighted by molar-refractivity contribution is 7.11. The molecule has 0 spiro atoms. The van der Waals surface area contributed by atoms with Gasteiger partial charge in [-0.1, -0.05) is 0 Å². The molecule has 1 atom stereocenters. The van der Waals surface area contributed by atoms with E-state index in [0.29, 0.717) is 12.4 Å². The molecular formula is C9H11ClN4S. The van der Waals surface area contributed by atoms with Crippen molar-refractivity contribution >= 4 is 22.9 Å². The van der Waals surface area contributed by atoms with Crippen molar-refractivity contribution in [3.63, 3.8) is 0 Å². The Bertz CT molecular complexity index is 448. The third kappa shape index (κ3) is 2.35. The summed E-state index contributed by atoms with van der Waals surface area (Å²) in [6, 6.07) is 4.18. The van der Waals surface area contributed by atoms with E-state index >= 15 is 0 Å². The van der Waals surface area contributed by atoms with Crippen LogP contribution in [0.4, 0.5) is 0 Å². The van der Waals surface area contributed by atoms with Crippen LogP contribution in [0.5, 0.6) is 0 Å². The predicted octanol–water partition coefficient (Wildman–Crippen LogP) is 2.39. The minimum Gasteiger partial charge on any atom is -0.223 e. The van der Waals surface area contributed by atoms with E-state index < -0.39 is 0 Å². The first-order chi connectivity index (χ1) is 7.16. The van der Waals surface area contributed by atoms with E-state index in [2.05, 4.69) is 34.6 Å². The van der Waals surface area contributed by atoms with Gasteiger partial charge in [0.1, 0.15) is 0 Å². The zero-order valence-electron chi connectivity index (χ0n) is 8.51. The molecule has 0 bridgehead atoms. The molecule has 80 valence electrons. The molecule has 2 aromatic heterocycles. The number of aryl methyl sites for hydroxylation is 1. The molecular weight excluding hydrogens is 232 g/mol. The van der Waals surface area contributed by atoms with E-state index in [4.69, 9.17) is 11.6 Å². The molecule has 0 amide bonds. The van der Waals surface area contributed by atoms with Crippen molar-refractivity contribution in [1.82, 2.24) is 20.2 Å². The number of hydrogen-bond acceptors (Lipinski definition) is 4. The zero-order chi connectivity index (χ0) is 10.8. The van der Waals surface area contributed by atoms with Gasteiger partial charge in [0.15, 0.2) is 5.82 Å². The van der Waals surface area contributed by atoms with E-state index in [9.17, 15) is 0 Å². The molecule has 2 rings (SSSR count). The van der Waals surface area contributed by atoms with E-state index in [1.807, 2.05) is 6.92 Å². The van der Waals surface area contributed by atoms with Gasteiger partial charge in [-0.05, 0) is 36.4 Å². The van der Waals surface area contributed by atoms with Crippen LogP contribution in [0.1, 0.15) is 27.9 Å². The monoisotopic (exact) mass is 242 g/mol. The van der Waals surface area contributed by atoms with Gasteiger partial charge in [0, 0.05) is 9.75 Å². The molecule has 6 heteroatoms. The van der Waals surface area contributed by atoms with Crippen molar-refractivity contribution in [3.8, 4) is 0 Å². The average molecular weight is 243 g/mol. The van der Waals surface area contributed by atoms with Gasteiger partial charge in [-0.25, -0.2) is 4.68 Å². The third-order valence-corrected chi connectivity index (χ3v) is 3.20.